The third-order valence-corrected chi connectivity index (χ3v) is 3.72. The summed E-state index contributed by atoms with van der Waals surface area (Å²) in [6, 6.07) is 6.37. The maximum atomic E-state index is 11.3. The SMILES string of the molecule is COC(=O)c1csc(Cc2ccc(C)c(C)c2)n1. The normalized spacial score (nSPS) is 10.4. The number of rotatable bonds is 3. The van der Waals surface area contributed by atoms with Crippen molar-refractivity contribution in [2.75, 3.05) is 7.11 Å². The Morgan fingerprint density at radius 3 is 2.78 bits per heavy atom. The van der Waals surface area contributed by atoms with Crippen LogP contribution < -0.4 is 0 Å². The average molecular weight is 261 g/mol. The van der Waals surface area contributed by atoms with Crippen LogP contribution in [0.1, 0.15) is 32.2 Å². The third kappa shape index (κ3) is 2.76. The molecule has 1 aromatic heterocycles. The van der Waals surface area contributed by atoms with Gasteiger partial charge in [-0.15, -0.1) is 11.3 Å². The van der Waals surface area contributed by atoms with Gasteiger partial charge in [0.2, 0.25) is 0 Å². The van der Waals surface area contributed by atoms with Crippen molar-refractivity contribution in [1.82, 2.24) is 4.98 Å². The van der Waals surface area contributed by atoms with Crippen molar-refractivity contribution in [1.29, 1.82) is 0 Å². The van der Waals surface area contributed by atoms with E-state index >= 15 is 0 Å². The number of methoxy groups -OCH3 is 1. The predicted octanol–water partition coefficient (Wildman–Crippen LogP) is 3.14. The smallest absolute Gasteiger partial charge is 0.357 e. The lowest BCUT2D eigenvalue weighted by Crippen LogP contribution is -2.01. The van der Waals surface area contributed by atoms with Crippen LogP contribution in [0.2, 0.25) is 0 Å². The van der Waals surface area contributed by atoms with E-state index in [-0.39, 0.29) is 5.97 Å². The largest absolute Gasteiger partial charge is 0.464 e. The number of hydrogen-bond donors (Lipinski definition) is 0. The van der Waals surface area contributed by atoms with E-state index in [9.17, 15) is 4.79 Å². The summed E-state index contributed by atoms with van der Waals surface area (Å²) in [5.41, 5.74) is 4.16. The van der Waals surface area contributed by atoms with Crippen LogP contribution in [0.3, 0.4) is 0 Å². The molecule has 0 fully saturated rings. The van der Waals surface area contributed by atoms with Crippen molar-refractivity contribution in [2.24, 2.45) is 0 Å². The molecule has 1 heterocycles. The van der Waals surface area contributed by atoms with E-state index in [1.165, 1.54) is 35.1 Å². The number of benzene rings is 1. The van der Waals surface area contributed by atoms with Crippen LogP contribution in [-0.4, -0.2) is 18.1 Å². The Morgan fingerprint density at radius 2 is 2.11 bits per heavy atom. The molecule has 0 aliphatic rings. The highest BCUT2D eigenvalue weighted by atomic mass is 32.1. The topological polar surface area (TPSA) is 39.2 Å². The summed E-state index contributed by atoms with van der Waals surface area (Å²) >= 11 is 1.49. The van der Waals surface area contributed by atoms with E-state index in [0.717, 1.165) is 11.4 Å². The van der Waals surface area contributed by atoms with Gasteiger partial charge in [-0.2, -0.15) is 0 Å². The number of carbonyl (C=O) groups is 1. The first-order valence-electron chi connectivity index (χ1n) is 5.69. The van der Waals surface area contributed by atoms with Crippen LogP contribution in [-0.2, 0) is 11.2 Å². The van der Waals surface area contributed by atoms with Gasteiger partial charge < -0.3 is 4.74 Å². The minimum atomic E-state index is -0.377. The molecule has 0 spiro atoms. The Morgan fingerprint density at radius 1 is 1.33 bits per heavy atom. The first-order chi connectivity index (χ1) is 8.60. The van der Waals surface area contributed by atoms with Gasteiger partial charge in [0.25, 0.3) is 0 Å². The molecule has 0 aliphatic carbocycles. The summed E-state index contributed by atoms with van der Waals surface area (Å²) in [6.07, 6.45) is 0.753. The second kappa shape index (κ2) is 5.31. The Kier molecular flexibility index (Phi) is 3.77. The van der Waals surface area contributed by atoms with Gasteiger partial charge in [-0.3, -0.25) is 0 Å². The highest BCUT2D eigenvalue weighted by molar-refractivity contribution is 7.09. The van der Waals surface area contributed by atoms with E-state index in [4.69, 9.17) is 0 Å². The minimum absolute atomic E-state index is 0.377. The van der Waals surface area contributed by atoms with Gasteiger partial charge >= 0.3 is 5.97 Å². The van der Waals surface area contributed by atoms with Crippen molar-refractivity contribution in [3.8, 4) is 0 Å². The number of aryl methyl sites for hydroxylation is 2. The summed E-state index contributed by atoms with van der Waals surface area (Å²) in [7, 11) is 1.37. The zero-order chi connectivity index (χ0) is 13.1. The van der Waals surface area contributed by atoms with Gasteiger partial charge in [-0.1, -0.05) is 18.2 Å². The Bertz CT molecular complexity index is 575. The third-order valence-electron chi connectivity index (χ3n) is 2.87. The summed E-state index contributed by atoms with van der Waals surface area (Å²) in [5, 5.41) is 2.67. The number of hydrogen-bond acceptors (Lipinski definition) is 4. The summed E-state index contributed by atoms with van der Waals surface area (Å²) in [4.78, 5) is 15.6. The van der Waals surface area contributed by atoms with Crippen LogP contribution in [0.4, 0.5) is 0 Å². The number of carbonyl (C=O) groups excluding carboxylic acids is 1. The van der Waals surface area contributed by atoms with Gasteiger partial charge in [-0.05, 0) is 30.5 Å². The molecular formula is C14H15NO2S. The summed E-state index contributed by atoms with van der Waals surface area (Å²) in [5.74, 6) is -0.377. The van der Waals surface area contributed by atoms with Crippen LogP contribution in [0.25, 0.3) is 0 Å². The Balaban J connectivity index is 2.16. The van der Waals surface area contributed by atoms with E-state index < -0.39 is 0 Å². The maximum Gasteiger partial charge on any atom is 0.357 e. The van der Waals surface area contributed by atoms with Crippen molar-refractivity contribution in [3.05, 3.63) is 51.0 Å². The van der Waals surface area contributed by atoms with E-state index in [0.29, 0.717) is 5.69 Å². The van der Waals surface area contributed by atoms with Crippen molar-refractivity contribution < 1.29 is 9.53 Å². The lowest BCUT2D eigenvalue weighted by Gasteiger charge is -2.03. The van der Waals surface area contributed by atoms with Crippen LogP contribution >= 0.6 is 11.3 Å². The lowest BCUT2D eigenvalue weighted by molar-refractivity contribution is 0.0594. The molecule has 94 valence electrons. The molecule has 0 unspecified atom stereocenters. The molecule has 0 atom stereocenters. The van der Waals surface area contributed by atoms with Gasteiger partial charge in [0, 0.05) is 11.8 Å². The molecule has 3 nitrogen and oxygen atoms in total. The molecule has 0 saturated heterocycles. The van der Waals surface area contributed by atoms with Crippen LogP contribution in [0.5, 0.6) is 0 Å². The number of thiazole rings is 1. The van der Waals surface area contributed by atoms with Gasteiger partial charge in [0.05, 0.1) is 12.1 Å². The molecule has 0 N–H and O–H groups in total. The first-order valence-corrected chi connectivity index (χ1v) is 6.57. The number of esters is 1. The fourth-order valence-electron chi connectivity index (χ4n) is 1.68. The fraction of sp³-hybridized carbons (Fsp3) is 0.286. The molecule has 0 radical (unpaired) electrons. The second-order valence-corrected chi connectivity index (χ2v) is 5.16. The molecule has 2 aromatic rings. The zero-order valence-electron chi connectivity index (χ0n) is 10.7. The van der Waals surface area contributed by atoms with E-state index in [1.54, 1.807) is 5.38 Å². The maximum absolute atomic E-state index is 11.3. The standard InChI is InChI=1S/C14H15NO2S/c1-9-4-5-11(6-10(9)2)7-13-15-12(8-18-13)14(16)17-3/h4-6,8H,7H2,1-3H3. The average Bonchev–Trinajstić information content (AvgIpc) is 2.81. The highest BCUT2D eigenvalue weighted by Gasteiger charge is 2.10. The summed E-state index contributed by atoms with van der Waals surface area (Å²) in [6.45, 7) is 4.19. The fourth-order valence-corrected chi connectivity index (χ4v) is 2.48. The molecule has 0 amide bonds. The molecule has 0 bridgehead atoms. The van der Waals surface area contributed by atoms with Crippen LogP contribution in [0.15, 0.2) is 23.6 Å². The quantitative estimate of drug-likeness (QED) is 0.797. The molecule has 0 saturated carbocycles. The molecule has 0 aliphatic heterocycles. The van der Waals surface area contributed by atoms with Crippen LogP contribution in [0, 0.1) is 13.8 Å². The molecule has 4 heteroatoms. The number of aromatic nitrogens is 1. The predicted molar refractivity (Wildman–Crippen MR) is 72.2 cm³/mol. The second-order valence-electron chi connectivity index (χ2n) is 4.21. The lowest BCUT2D eigenvalue weighted by atomic mass is 10.0. The van der Waals surface area contributed by atoms with E-state index in [2.05, 4.69) is 41.8 Å². The molecular weight excluding hydrogens is 246 g/mol. The highest BCUT2D eigenvalue weighted by Crippen LogP contribution is 2.17. The van der Waals surface area contributed by atoms with Gasteiger partial charge in [0.15, 0.2) is 5.69 Å². The first kappa shape index (κ1) is 12.8. The van der Waals surface area contributed by atoms with Gasteiger partial charge in [-0.25, -0.2) is 9.78 Å². The number of ether oxygens (including phenoxy) is 1. The Hall–Kier alpha value is -1.68. The minimum Gasteiger partial charge on any atom is -0.464 e. The Labute approximate surface area is 110 Å². The molecule has 18 heavy (non-hydrogen) atoms. The van der Waals surface area contributed by atoms with Crippen molar-refractivity contribution >= 4 is 17.3 Å². The number of nitrogens with zero attached hydrogens (tertiary/aromatic N) is 1. The van der Waals surface area contributed by atoms with E-state index in [1.807, 2.05) is 0 Å². The summed E-state index contributed by atoms with van der Waals surface area (Å²) < 4.78 is 4.64. The molecule has 2 rings (SSSR count). The monoisotopic (exact) mass is 261 g/mol. The molecule has 1 aromatic carbocycles. The van der Waals surface area contributed by atoms with Gasteiger partial charge in [0.1, 0.15) is 0 Å². The van der Waals surface area contributed by atoms with Crippen molar-refractivity contribution in [2.45, 2.75) is 20.3 Å². The zero-order valence-corrected chi connectivity index (χ0v) is 11.5. The van der Waals surface area contributed by atoms with Crippen molar-refractivity contribution in [3.63, 3.8) is 0 Å².